The number of hydrogen-bond donors (Lipinski definition) is 2. The second kappa shape index (κ2) is 5.55. The van der Waals surface area contributed by atoms with Gasteiger partial charge in [0, 0.05) is 19.6 Å². The van der Waals surface area contributed by atoms with Crippen LogP contribution in [0.3, 0.4) is 0 Å². The summed E-state index contributed by atoms with van der Waals surface area (Å²) in [5, 5.41) is 12.6. The number of aliphatic carboxylic acids is 1. The minimum Gasteiger partial charge on any atom is -0.480 e. The minimum absolute atomic E-state index is 0.251. The van der Waals surface area contributed by atoms with Gasteiger partial charge in [-0.3, -0.25) is 9.69 Å². The SMILES string of the molecule is CCC1CN(CC(NC)(C(=O)O)C2CC2)CCO1. The molecule has 2 unspecified atom stereocenters. The predicted octanol–water partition coefficient (Wildman–Crippen LogP) is 0.550. The Bertz CT molecular complexity index is 307. The van der Waals surface area contributed by atoms with Crippen molar-refractivity contribution < 1.29 is 14.6 Å². The van der Waals surface area contributed by atoms with Gasteiger partial charge in [0.2, 0.25) is 0 Å². The number of nitrogens with zero attached hydrogens (tertiary/aromatic N) is 1. The van der Waals surface area contributed by atoms with E-state index in [4.69, 9.17) is 4.74 Å². The van der Waals surface area contributed by atoms with Crippen LogP contribution in [0.1, 0.15) is 26.2 Å². The summed E-state index contributed by atoms with van der Waals surface area (Å²) in [7, 11) is 1.77. The zero-order valence-electron chi connectivity index (χ0n) is 11.3. The summed E-state index contributed by atoms with van der Waals surface area (Å²) in [6, 6.07) is 0. The van der Waals surface area contributed by atoms with Gasteiger partial charge in [-0.15, -0.1) is 0 Å². The van der Waals surface area contributed by atoms with Crippen LogP contribution >= 0.6 is 0 Å². The zero-order chi connectivity index (χ0) is 13.2. The molecule has 0 aromatic heterocycles. The standard InChI is InChI=1S/C13H24N2O3/c1-3-11-8-15(6-7-18-11)9-13(14-2,12(16)17)10-4-5-10/h10-11,14H,3-9H2,1-2H3,(H,16,17). The molecule has 1 aliphatic carbocycles. The second-order valence-electron chi connectivity index (χ2n) is 5.44. The Morgan fingerprint density at radius 3 is 2.78 bits per heavy atom. The van der Waals surface area contributed by atoms with Crippen LogP contribution in [0.15, 0.2) is 0 Å². The van der Waals surface area contributed by atoms with E-state index in [1.165, 1.54) is 0 Å². The molecule has 2 atom stereocenters. The Labute approximate surface area is 108 Å². The largest absolute Gasteiger partial charge is 0.480 e. The molecule has 1 heterocycles. The molecule has 0 amide bonds. The Morgan fingerprint density at radius 1 is 1.56 bits per heavy atom. The number of rotatable bonds is 6. The van der Waals surface area contributed by atoms with Crippen LogP contribution in [0.5, 0.6) is 0 Å². The topological polar surface area (TPSA) is 61.8 Å². The fraction of sp³-hybridized carbons (Fsp3) is 0.923. The van der Waals surface area contributed by atoms with Gasteiger partial charge < -0.3 is 15.2 Å². The van der Waals surface area contributed by atoms with E-state index in [1.807, 2.05) is 0 Å². The highest BCUT2D eigenvalue weighted by molar-refractivity contribution is 5.80. The molecular formula is C13H24N2O3. The van der Waals surface area contributed by atoms with Gasteiger partial charge in [0.15, 0.2) is 0 Å². The van der Waals surface area contributed by atoms with E-state index in [-0.39, 0.29) is 12.0 Å². The molecule has 1 aliphatic heterocycles. The summed E-state index contributed by atoms with van der Waals surface area (Å²) in [5.41, 5.74) is -0.768. The average molecular weight is 256 g/mol. The van der Waals surface area contributed by atoms with E-state index < -0.39 is 11.5 Å². The lowest BCUT2D eigenvalue weighted by Crippen LogP contribution is -2.61. The van der Waals surface area contributed by atoms with Gasteiger partial charge in [-0.2, -0.15) is 0 Å². The van der Waals surface area contributed by atoms with Crippen molar-refractivity contribution in [2.75, 3.05) is 33.3 Å². The van der Waals surface area contributed by atoms with Crippen molar-refractivity contribution in [3.8, 4) is 0 Å². The van der Waals surface area contributed by atoms with Crippen LogP contribution in [0.2, 0.25) is 0 Å². The van der Waals surface area contributed by atoms with Gasteiger partial charge in [0.25, 0.3) is 0 Å². The number of likely N-dealkylation sites (N-methyl/N-ethyl adjacent to an activating group) is 1. The number of nitrogens with one attached hydrogen (secondary N) is 1. The second-order valence-corrected chi connectivity index (χ2v) is 5.44. The number of ether oxygens (including phenoxy) is 1. The lowest BCUT2D eigenvalue weighted by molar-refractivity contribution is -0.147. The quantitative estimate of drug-likeness (QED) is 0.727. The Balaban J connectivity index is 2.02. The number of carboxylic acid groups (broad SMARTS) is 1. The summed E-state index contributed by atoms with van der Waals surface area (Å²) in [4.78, 5) is 13.9. The number of carboxylic acids is 1. The van der Waals surface area contributed by atoms with Gasteiger partial charge in [-0.1, -0.05) is 6.92 Å². The van der Waals surface area contributed by atoms with E-state index in [9.17, 15) is 9.90 Å². The Kier molecular flexibility index (Phi) is 4.25. The molecule has 2 N–H and O–H groups in total. The molecule has 2 fully saturated rings. The Hall–Kier alpha value is -0.650. The number of hydrogen-bond acceptors (Lipinski definition) is 4. The van der Waals surface area contributed by atoms with E-state index in [1.54, 1.807) is 7.05 Å². The molecule has 5 nitrogen and oxygen atoms in total. The molecule has 0 aromatic rings. The molecule has 0 aromatic carbocycles. The third kappa shape index (κ3) is 2.68. The van der Waals surface area contributed by atoms with E-state index >= 15 is 0 Å². The maximum absolute atomic E-state index is 11.6. The van der Waals surface area contributed by atoms with Gasteiger partial charge >= 0.3 is 5.97 Å². The van der Waals surface area contributed by atoms with Crippen LogP contribution in [-0.2, 0) is 9.53 Å². The highest BCUT2D eigenvalue weighted by Gasteiger charge is 2.51. The van der Waals surface area contributed by atoms with Crippen molar-refractivity contribution in [3.63, 3.8) is 0 Å². The highest BCUT2D eigenvalue weighted by atomic mass is 16.5. The molecule has 0 bridgehead atoms. The predicted molar refractivity (Wildman–Crippen MR) is 68.6 cm³/mol. The van der Waals surface area contributed by atoms with Crippen LogP contribution < -0.4 is 5.32 Å². The van der Waals surface area contributed by atoms with Gasteiger partial charge in [0.05, 0.1) is 12.7 Å². The smallest absolute Gasteiger partial charge is 0.325 e. The zero-order valence-corrected chi connectivity index (χ0v) is 11.3. The molecule has 1 saturated heterocycles. The normalized spacial score (nSPS) is 28.9. The first-order valence-electron chi connectivity index (χ1n) is 6.88. The fourth-order valence-corrected chi connectivity index (χ4v) is 2.86. The third-order valence-electron chi connectivity index (χ3n) is 4.25. The molecule has 5 heteroatoms. The third-order valence-corrected chi connectivity index (χ3v) is 4.25. The fourth-order valence-electron chi connectivity index (χ4n) is 2.86. The van der Waals surface area contributed by atoms with Gasteiger partial charge in [-0.25, -0.2) is 0 Å². The van der Waals surface area contributed by atoms with E-state index in [0.717, 1.165) is 32.4 Å². The van der Waals surface area contributed by atoms with Crippen molar-refractivity contribution >= 4 is 5.97 Å². The Morgan fingerprint density at radius 2 is 2.28 bits per heavy atom. The van der Waals surface area contributed by atoms with Crippen LogP contribution in [-0.4, -0.2) is 60.9 Å². The van der Waals surface area contributed by atoms with Crippen LogP contribution in [0.4, 0.5) is 0 Å². The van der Waals surface area contributed by atoms with Gasteiger partial charge in [-0.05, 0) is 32.2 Å². The monoisotopic (exact) mass is 256 g/mol. The summed E-state index contributed by atoms with van der Waals surface area (Å²) < 4.78 is 5.63. The lowest BCUT2D eigenvalue weighted by atomic mass is 9.92. The van der Waals surface area contributed by atoms with Crippen LogP contribution in [0, 0.1) is 5.92 Å². The number of morpholine rings is 1. The van der Waals surface area contributed by atoms with Crippen LogP contribution in [0.25, 0.3) is 0 Å². The summed E-state index contributed by atoms with van der Waals surface area (Å²) in [5.74, 6) is -0.435. The molecule has 104 valence electrons. The molecule has 1 saturated carbocycles. The van der Waals surface area contributed by atoms with Crippen molar-refractivity contribution in [1.29, 1.82) is 0 Å². The van der Waals surface area contributed by atoms with Gasteiger partial charge in [0.1, 0.15) is 5.54 Å². The van der Waals surface area contributed by atoms with Crippen molar-refractivity contribution in [2.45, 2.75) is 37.8 Å². The number of carbonyl (C=O) groups is 1. The van der Waals surface area contributed by atoms with E-state index in [0.29, 0.717) is 13.2 Å². The first-order chi connectivity index (χ1) is 8.62. The van der Waals surface area contributed by atoms with Crippen molar-refractivity contribution in [2.24, 2.45) is 5.92 Å². The molecule has 18 heavy (non-hydrogen) atoms. The highest BCUT2D eigenvalue weighted by Crippen LogP contribution is 2.40. The van der Waals surface area contributed by atoms with E-state index in [2.05, 4.69) is 17.1 Å². The van der Waals surface area contributed by atoms with Crippen molar-refractivity contribution in [3.05, 3.63) is 0 Å². The summed E-state index contributed by atoms with van der Waals surface area (Å²) in [6.07, 6.45) is 3.28. The molecular weight excluding hydrogens is 232 g/mol. The molecule has 0 spiro atoms. The first-order valence-corrected chi connectivity index (χ1v) is 6.88. The summed E-state index contributed by atoms with van der Waals surface area (Å²) >= 11 is 0. The maximum atomic E-state index is 11.6. The minimum atomic E-state index is -0.768. The summed E-state index contributed by atoms with van der Waals surface area (Å²) in [6.45, 7) is 5.09. The van der Waals surface area contributed by atoms with Crippen molar-refractivity contribution in [1.82, 2.24) is 10.2 Å². The average Bonchev–Trinajstić information content (AvgIpc) is 3.20. The molecule has 2 rings (SSSR count). The molecule has 2 aliphatic rings. The lowest BCUT2D eigenvalue weighted by Gasteiger charge is -2.39. The first kappa shape index (κ1) is 13.8. The maximum Gasteiger partial charge on any atom is 0.325 e. The molecule has 0 radical (unpaired) electrons.